The number of hydrogen-bond acceptors (Lipinski definition) is 5. The van der Waals surface area contributed by atoms with E-state index in [-0.39, 0.29) is 21.9 Å². The number of para-hydroxylation sites is 1. The zero-order valence-corrected chi connectivity index (χ0v) is 21.3. The first-order valence-electron chi connectivity index (χ1n) is 11.8. The number of aliphatic hydroxyl groups is 1. The van der Waals surface area contributed by atoms with Crippen molar-refractivity contribution in [3.05, 3.63) is 94.1 Å². The summed E-state index contributed by atoms with van der Waals surface area (Å²) in [4.78, 5) is 31.9. The molecule has 2 heterocycles. The number of H-pyrrole nitrogens is 1. The van der Waals surface area contributed by atoms with Crippen LogP contribution >= 0.6 is 11.6 Å². The number of methoxy groups -OCH3 is 1. The summed E-state index contributed by atoms with van der Waals surface area (Å²) in [6, 6.07) is 18.5. The third-order valence-electron chi connectivity index (χ3n) is 6.50. The smallest absolute Gasteiger partial charge is 0.300 e. The van der Waals surface area contributed by atoms with Gasteiger partial charge in [-0.05, 0) is 50.2 Å². The average Bonchev–Trinajstić information content (AvgIpc) is 3.36. The molecule has 1 unspecified atom stereocenters. The number of carbonyl (C=O) groups is 2. The minimum absolute atomic E-state index is 0.0591. The summed E-state index contributed by atoms with van der Waals surface area (Å²) < 4.78 is 11.0. The number of rotatable bonds is 6. The molecule has 0 radical (unpaired) electrons. The summed E-state index contributed by atoms with van der Waals surface area (Å²) in [6.45, 7) is 4.13. The number of benzene rings is 3. The number of ether oxygens (including phenoxy) is 2. The van der Waals surface area contributed by atoms with Gasteiger partial charge >= 0.3 is 0 Å². The van der Waals surface area contributed by atoms with E-state index in [2.05, 4.69) is 4.98 Å². The fraction of sp³-hybridized carbons (Fsp3) is 0.172. The van der Waals surface area contributed by atoms with Gasteiger partial charge in [0.05, 0.1) is 30.4 Å². The number of nitrogens with one attached hydrogen (secondary N) is 1. The van der Waals surface area contributed by atoms with E-state index in [4.69, 9.17) is 21.1 Å². The largest absolute Gasteiger partial charge is 0.507 e. The van der Waals surface area contributed by atoms with Crippen molar-refractivity contribution in [3.8, 4) is 11.5 Å². The second kappa shape index (κ2) is 9.67. The van der Waals surface area contributed by atoms with Crippen molar-refractivity contribution < 1.29 is 24.2 Å². The van der Waals surface area contributed by atoms with E-state index in [1.54, 1.807) is 42.5 Å². The second-order valence-electron chi connectivity index (χ2n) is 8.65. The molecule has 1 saturated heterocycles. The maximum atomic E-state index is 13.6. The molecule has 0 aliphatic carbocycles. The van der Waals surface area contributed by atoms with E-state index < -0.39 is 17.7 Å². The molecule has 0 spiro atoms. The van der Waals surface area contributed by atoms with Gasteiger partial charge in [-0.3, -0.25) is 14.5 Å². The molecule has 1 aliphatic heterocycles. The fourth-order valence-corrected chi connectivity index (χ4v) is 5.08. The predicted octanol–water partition coefficient (Wildman–Crippen LogP) is 6.16. The van der Waals surface area contributed by atoms with E-state index >= 15 is 0 Å². The van der Waals surface area contributed by atoms with Crippen LogP contribution in [0.3, 0.4) is 0 Å². The minimum Gasteiger partial charge on any atom is -0.507 e. The summed E-state index contributed by atoms with van der Waals surface area (Å²) in [5.41, 5.74) is 2.93. The van der Waals surface area contributed by atoms with Crippen LogP contribution in [0.4, 0.5) is 5.69 Å². The van der Waals surface area contributed by atoms with Gasteiger partial charge in [-0.1, -0.05) is 35.9 Å². The van der Waals surface area contributed by atoms with Crippen LogP contribution in [0, 0.1) is 6.92 Å². The Morgan fingerprint density at radius 2 is 1.84 bits per heavy atom. The lowest BCUT2D eigenvalue weighted by molar-refractivity contribution is -0.132. The maximum absolute atomic E-state index is 13.6. The van der Waals surface area contributed by atoms with Crippen molar-refractivity contribution in [2.45, 2.75) is 19.9 Å². The van der Waals surface area contributed by atoms with Crippen LogP contribution in [-0.2, 0) is 9.59 Å². The van der Waals surface area contributed by atoms with E-state index in [0.29, 0.717) is 29.4 Å². The van der Waals surface area contributed by atoms with Crippen LogP contribution in [0.15, 0.2) is 72.3 Å². The molecule has 0 saturated carbocycles. The zero-order chi connectivity index (χ0) is 26.3. The van der Waals surface area contributed by atoms with E-state index in [0.717, 1.165) is 16.6 Å². The highest BCUT2D eigenvalue weighted by Crippen LogP contribution is 2.46. The molecular formula is C29H25ClN2O5. The molecule has 1 aromatic heterocycles. The highest BCUT2D eigenvalue weighted by atomic mass is 35.5. The molecule has 4 aromatic rings. The first-order chi connectivity index (χ1) is 17.8. The molecule has 1 amide bonds. The standard InChI is InChI=1S/C29H25ClN2O5/c1-4-37-19-12-13-22(30)21(15-19)27(33)25-26(24-16(2)31-23-11-6-5-10-20(23)24)32(29(35)28(25)34)17-8-7-9-18(14-17)36-3/h5-15,26,31,33H,4H2,1-3H3/b27-25+. The van der Waals surface area contributed by atoms with Gasteiger partial charge in [-0.2, -0.15) is 0 Å². The lowest BCUT2D eigenvalue weighted by Crippen LogP contribution is -2.29. The highest BCUT2D eigenvalue weighted by Gasteiger charge is 2.48. The number of aryl methyl sites for hydroxylation is 1. The van der Waals surface area contributed by atoms with Crippen LogP contribution in [0.1, 0.15) is 29.8 Å². The van der Waals surface area contributed by atoms with Crippen molar-refractivity contribution in [3.63, 3.8) is 0 Å². The van der Waals surface area contributed by atoms with Crippen molar-refractivity contribution in [2.24, 2.45) is 0 Å². The fourth-order valence-electron chi connectivity index (χ4n) is 4.87. The number of ketones is 1. The quantitative estimate of drug-likeness (QED) is 0.182. The van der Waals surface area contributed by atoms with Crippen LogP contribution in [0.5, 0.6) is 11.5 Å². The molecule has 1 aliphatic rings. The number of anilines is 1. The molecule has 1 fully saturated rings. The number of carbonyl (C=O) groups excluding carboxylic acids is 2. The van der Waals surface area contributed by atoms with Gasteiger partial charge in [-0.15, -0.1) is 0 Å². The van der Waals surface area contributed by atoms with Crippen LogP contribution in [0.2, 0.25) is 5.02 Å². The molecule has 188 valence electrons. The maximum Gasteiger partial charge on any atom is 0.300 e. The Kier molecular flexibility index (Phi) is 6.39. The van der Waals surface area contributed by atoms with Crippen molar-refractivity contribution in [1.29, 1.82) is 0 Å². The first-order valence-corrected chi connectivity index (χ1v) is 12.2. The Balaban J connectivity index is 1.81. The van der Waals surface area contributed by atoms with Crippen LogP contribution < -0.4 is 14.4 Å². The van der Waals surface area contributed by atoms with Crippen molar-refractivity contribution in [1.82, 2.24) is 4.98 Å². The Hall–Kier alpha value is -4.23. The summed E-state index contributed by atoms with van der Waals surface area (Å²) in [5, 5.41) is 12.6. The molecule has 8 heteroatoms. The summed E-state index contributed by atoms with van der Waals surface area (Å²) in [6.07, 6.45) is 0. The van der Waals surface area contributed by atoms with Gasteiger partial charge in [0.1, 0.15) is 17.3 Å². The van der Waals surface area contributed by atoms with E-state index in [9.17, 15) is 14.7 Å². The lowest BCUT2D eigenvalue weighted by atomic mass is 9.93. The lowest BCUT2D eigenvalue weighted by Gasteiger charge is -2.26. The normalized spacial score (nSPS) is 17.0. The number of halogens is 1. The summed E-state index contributed by atoms with van der Waals surface area (Å²) >= 11 is 6.46. The van der Waals surface area contributed by atoms with Gasteiger partial charge in [0.15, 0.2) is 0 Å². The highest BCUT2D eigenvalue weighted by molar-refractivity contribution is 6.52. The number of aromatic nitrogens is 1. The van der Waals surface area contributed by atoms with E-state index in [1.807, 2.05) is 38.1 Å². The third-order valence-corrected chi connectivity index (χ3v) is 6.83. The summed E-state index contributed by atoms with van der Waals surface area (Å²) in [7, 11) is 1.53. The molecule has 1 atom stereocenters. The average molecular weight is 517 g/mol. The molecule has 37 heavy (non-hydrogen) atoms. The second-order valence-corrected chi connectivity index (χ2v) is 9.06. The van der Waals surface area contributed by atoms with Crippen molar-refractivity contribution >= 4 is 45.6 Å². The van der Waals surface area contributed by atoms with Crippen LogP contribution in [-0.4, -0.2) is 35.5 Å². The molecule has 2 N–H and O–H groups in total. The Bertz CT molecular complexity index is 1570. The number of Topliss-reactive ketones (excluding diaryl/α,β-unsaturated/α-hetero) is 1. The first kappa shape index (κ1) is 24.5. The van der Waals surface area contributed by atoms with Crippen molar-refractivity contribution in [2.75, 3.05) is 18.6 Å². The SMILES string of the molecule is CCOc1ccc(Cl)c(/C(O)=C2\C(=O)C(=O)N(c3cccc(OC)c3)C2c2c(C)[nH]c3ccccc23)c1. The van der Waals surface area contributed by atoms with Gasteiger partial charge in [-0.25, -0.2) is 0 Å². The Morgan fingerprint density at radius 3 is 2.59 bits per heavy atom. The van der Waals surface area contributed by atoms with Gasteiger partial charge < -0.3 is 19.6 Å². The van der Waals surface area contributed by atoms with Gasteiger partial charge in [0.25, 0.3) is 11.7 Å². The number of hydrogen-bond donors (Lipinski definition) is 2. The molecule has 7 nitrogen and oxygen atoms in total. The summed E-state index contributed by atoms with van der Waals surface area (Å²) in [5.74, 6) is -0.934. The molecule has 5 rings (SSSR count). The molecule has 0 bridgehead atoms. The monoisotopic (exact) mass is 516 g/mol. The van der Waals surface area contributed by atoms with Crippen LogP contribution in [0.25, 0.3) is 16.7 Å². The Morgan fingerprint density at radius 1 is 1.05 bits per heavy atom. The number of amides is 1. The number of nitrogens with zero attached hydrogens (tertiary/aromatic N) is 1. The topological polar surface area (TPSA) is 91.9 Å². The van der Waals surface area contributed by atoms with Gasteiger partial charge in [0.2, 0.25) is 0 Å². The third kappa shape index (κ3) is 4.11. The van der Waals surface area contributed by atoms with Gasteiger partial charge in [0, 0.05) is 39.5 Å². The molecule has 3 aromatic carbocycles. The van der Waals surface area contributed by atoms with E-state index in [1.165, 1.54) is 12.0 Å². The number of aliphatic hydroxyl groups excluding tert-OH is 1. The predicted molar refractivity (Wildman–Crippen MR) is 143 cm³/mol. The zero-order valence-electron chi connectivity index (χ0n) is 20.5. The number of fused-ring (bicyclic) bond motifs is 1. The molecular weight excluding hydrogens is 492 g/mol. The number of aromatic amines is 1. The Labute approximate surface area is 218 Å². The minimum atomic E-state index is -0.921.